The van der Waals surface area contributed by atoms with Crippen molar-refractivity contribution in [3.8, 4) is 17.2 Å². The normalized spacial score (nSPS) is 18.6. The fraction of sp³-hybridized carbons (Fsp3) is 0.414. The van der Waals surface area contributed by atoms with Gasteiger partial charge in [-0.25, -0.2) is 0 Å². The summed E-state index contributed by atoms with van der Waals surface area (Å²) in [6, 6.07) is 8.82. The predicted molar refractivity (Wildman–Crippen MR) is 145 cm³/mol. The van der Waals surface area contributed by atoms with Crippen molar-refractivity contribution in [2.24, 2.45) is 4.99 Å². The van der Waals surface area contributed by atoms with Crippen LogP contribution in [0, 0.1) is 0 Å². The number of carbonyl (C=O) groups excluding carboxylic acids is 2. The zero-order chi connectivity index (χ0) is 27.2. The van der Waals surface area contributed by atoms with Crippen molar-refractivity contribution in [2.75, 3.05) is 53.2 Å². The van der Waals surface area contributed by atoms with Crippen molar-refractivity contribution >= 4 is 29.8 Å². The van der Waals surface area contributed by atoms with Gasteiger partial charge in [-0.2, -0.15) is 0 Å². The molecule has 2 aromatic carbocycles. The van der Waals surface area contributed by atoms with Crippen molar-refractivity contribution in [1.29, 1.82) is 0 Å². The van der Waals surface area contributed by atoms with Crippen LogP contribution in [-0.2, 0) is 16.1 Å². The Hall–Kier alpha value is -3.89. The lowest BCUT2D eigenvalue weighted by molar-refractivity contribution is -0.129. The first-order chi connectivity index (χ1) is 19.1. The van der Waals surface area contributed by atoms with Gasteiger partial charge in [-0.3, -0.25) is 14.6 Å². The fourth-order valence-corrected chi connectivity index (χ4v) is 4.94. The van der Waals surface area contributed by atoms with Gasteiger partial charge >= 0.3 is 0 Å². The van der Waals surface area contributed by atoms with Gasteiger partial charge in [0.25, 0.3) is 5.91 Å². The van der Waals surface area contributed by atoms with Crippen molar-refractivity contribution in [1.82, 2.24) is 9.80 Å². The Labute approximate surface area is 227 Å². The number of ether oxygens (including phenoxy) is 4. The molecule has 0 saturated carbocycles. The van der Waals surface area contributed by atoms with E-state index in [1.54, 1.807) is 48.4 Å². The van der Waals surface area contributed by atoms with Crippen LogP contribution in [0.5, 0.6) is 17.2 Å². The highest BCUT2D eigenvalue weighted by Crippen LogP contribution is 2.34. The molecule has 3 aliphatic rings. The molecule has 0 spiro atoms. The average Bonchev–Trinajstić information content (AvgIpc) is 3.41. The highest BCUT2D eigenvalue weighted by atomic mass is 16.5. The molecule has 3 heterocycles. The number of hydrogen-bond acceptors (Lipinski definition) is 8. The zero-order valence-corrected chi connectivity index (χ0v) is 22.0. The van der Waals surface area contributed by atoms with Crippen molar-refractivity contribution in [2.45, 2.75) is 25.5 Å². The third kappa shape index (κ3) is 6.07. The molecule has 2 fully saturated rings. The number of morpholine rings is 1. The summed E-state index contributed by atoms with van der Waals surface area (Å²) >= 11 is 0. The second-order valence-corrected chi connectivity index (χ2v) is 9.50. The number of rotatable bonds is 9. The van der Waals surface area contributed by atoms with Gasteiger partial charge in [0.15, 0.2) is 11.5 Å². The topological polar surface area (TPSA) is 110 Å². The molecular formula is C29H33N3O7. The number of fused-ring (bicyclic) bond motifs is 2. The Bertz CT molecular complexity index is 1270. The highest BCUT2D eigenvalue weighted by Gasteiger charge is 2.32. The second kappa shape index (κ2) is 12.3. The SMILES string of the molecule is COc1cc(C=CC(=O)N2CCOCC2)ccc1OCCOc1cc2c(cc1CO)C(=O)N1CCC[C@H]1C=N2. The number of aliphatic hydroxyl groups is 1. The summed E-state index contributed by atoms with van der Waals surface area (Å²) in [4.78, 5) is 33.5. The minimum Gasteiger partial charge on any atom is -0.493 e. The van der Waals surface area contributed by atoms with E-state index < -0.39 is 0 Å². The predicted octanol–water partition coefficient (Wildman–Crippen LogP) is 2.84. The van der Waals surface area contributed by atoms with E-state index in [-0.39, 0.29) is 37.7 Å². The molecule has 0 aromatic heterocycles. The molecule has 206 valence electrons. The summed E-state index contributed by atoms with van der Waals surface area (Å²) in [6.45, 7) is 3.19. The van der Waals surface area contributed by atoms with Crippen LogP contribution in [0.1, 0.15) is 34.3 Å². The summed E-state index contributed by atoms with van der Waals surface area (Å²) < 4.78 is 22.6. The second-order valence-electron chi connectivity index (χ2n) is 9.50. The molecule has 0 radical (unpaired) electrons. The summed E-state index contributed by atoms with van der Waals surface area (Å²) in [6.07, 6.45) is 7.00. The Kier molecular flexibility index (Phi) is 8.43. The molecule has 2 saturated heterocycles. The number of benzene rings is 2. The number of nitrogens with zero attached hydrogens (tertiary/aromatic N) is 3. The van der Waals surface area contributed by atoms with Gasteiger partial charge in [0.1, 0.15) is 19.0 Å². The smallest absolute Gasteiger partial charge is 0.256 e. The molecule has 0 bridgehead atoms. The molecule has 3 aliphatic heterocycles. The maximum Gasteiger partial charge on any atom is 0.256 e. The molecule has 0 unspecified atom stereocenters. The first-order valence-corrected chi connectivity index (χ1v) is 13.2. The van der Waals surface area contributed by atoms with Crippen LogP contribution in [0.25, 0.3) is 6.08 Å². The fourth-order valence-electron chi connectivity index (χ4n) is 4.94. The van der Waals surface area contributed by atoms with Gasteiger partial charge in [0, 0.05) is 43.6 Å². The van der Waals surface area contributed by atoms with E-state index in [4.69, 9.17) is 18.9 Å². The van der Waals surface area contributed by atoms with E-state index in [1.807, 2.05) is 17.2 Å². The monoisotopic (exact) mass is 535 g/mol. The van der Waals surface area contributed by atoms with Crippen molar-refractivity contribution < 1.29 is 33.6 Å². The van der Waals surface area contributed by atoms with Crippen LogP contribution in [0.3, 0.4) is 0 Å². The van der Waals surface area contributed by atoms with Crippen LogP contribution in [0.4, 0.5) is 5.69 Å². The minimum absolute atomic E-state index is 0.0161. The third-order valence-corrected chi connectivity index (χ3v) is 7.05. The molecule has 10 nitrogen and oxygen atoms in total. The first kappa shape index (κ1) is 26.7. The largest absolute Gasteiger partial charge is 0.493 e. The van der Waals surface area contributed by atoms with Crippen LogP contribution in [0.2, 0.25) is 0 Å². The maximum absolute atomic E-state index is 13.0. The quantitative estimate of drug-likeness (QED) is 0.388. The Morgan fingerprint density at radius 1 is 1.10 bits per heavy atom. The van der Waals surface area contributed by atoms with Gasteiger partial charge < -0.3 is 33.9 Å². The molecule has 5 rings (SSSR count). The van der Waals surface area contributed by atoms with Gasteiger partial charge in [-0.05, 0) is 42.7 Å². The van der Waals surface area contributed by atoms with Crippen LogP contribution < -0.4 is 14.2 Å². The summed E-state index contributed by atoms with van der Waals surface area (Å²) in [5.74, 6) is 1.42. The number of aliphatic hydroxyl groups excluding tert-OH is 1. The van der Waals surface area contributed by atoms with Gasteiger partial charge in [-0.15, -0.1) is 0 Å². The maximum atomic E-state index is 13.0. The van der Waals surface area contributed by atoms with Crippen molar-refractivity contribution in [3.63, 3.8) is 0 Å². The molecular weight excluding hydrogens is 502 g/mol. The lowest BCUT2D eigenvalue weighted by Gasteiger charge is -2.25. The summed E-state index contributed by atoms with van der Waals surface area (Å²) in [7, 11) is 1.56. The Balaban J connectivity index is 1.19. The number of aliphatic imine (C=N–C) groups is 1. The summed E-state index contributed by atoms with van der Waals surface area (Å²) in [5.41, 5.74) is 2.36. The number of amides is 2. The van der Waals surface area contributed by atoms with Crippen LogP contribution >= 0.6 is 0 Å². The van der Waals surface area contributed by atoms with Crippen LogP contribution in [0.15, 0.2) is 41.4 Å². The van der Waals surface area contributed by atoms with Gasteiger partial charge in [0.05, 0.1) is 44.2 Å². The van der Waals surface area contributed by atoms with Crippen molar-refractivity contribution in [3.05, 3.63) is 53.1 Å². The van der Waals surface area contributed by atoms with E-state index in [1.165, 1.54) is 0 Å². The minimum atomic E-state index is -0.263. The Morgan fingerprint density at radius 3 is 2.67 bits per heavy atom. The highest BCUT2D eigenvalue weighted by molar-refractivity contribution is 6.03. The van der Waals surface area contributed by atoms with E-state index in [0.717, 1.165) is 18.4 Å². The van der Waals surface area contributed by atoms with Crippen LogP contribution in [-0.4, -0.2) is 92.1 Å². The molecule has 39 heavy (non-hydrogen) atoms. The number of hydrogen-bond donors (Lipinski definition) is 1. The molecule has 1 N–H and O–H groups in total. The molecule has 2 aromatic rings. The molecule has 1 atom stereocenters. The molecule has 10 heteroatoms. The van der Waals surface area contributed by atoms with Gasteiger partial charge in [-0.1, -0.05) is 6.07 Å². The number of methoxy groups -OCH3 is 1. The average molecular weight is 536 g/mol. The lowest BCUT2D eigenvalue weighted by Crippen LogP contribution is -2.39. The third-order valence-electron chi connectivity index (χ3n) is 7.05. The zero-order valence-electron chi connectivity index (χ0n) is 22.0. The first-order valence-electron chi connectivity index (χ1n) is 13.2. The van der Waals surface area contributed by atoms with E-state index in [9.17, 15) is 14.7 Å². The lowest BCUT2D eigenvalue weighted by atomic mass is 10.1. The van der Waals surface area contributed by atoms with E-state index >= 15 is 0 Å². The Morgan fingerprint density at radius 2 is 1.90 bits per heavy atom. The summed E-state index contributed by atoms with van der Waals surface area (Å²) in [5, 5.41) is 9.92. The molecule has 0 aliphatic carbocycles. The standard InChI is InChI=1S/C29H33N3O7/c1-36-27-15-20(5-7-28(34)31-9-11-37-12-10-31)4-6-25(27)38-13-14-39-26-17-24-23(16-21(26)19-33)29(35)32-8-2-3-22(32)18-30-24/h4-7,15-18,22,33H,2-3,8-14,19H2,1H3/t22-/m0/s1. The number of carbonyl (C=O) groups is 2. The van der Waals surface area contributed by atoms with E-state index in [0.29, 0.717) is 66.9 Å². The molecule has 2 amide bonds. The van der Waals surface area contributed by atoms with Gasteiger partial charge in [0.2, 0.25) is 5.91 Å². The van der Waals surface area contributed by atoms with E-state index in [2.05, 4.69) is 4.99 Å².